The zero-order valence-corrected chi connectivity index (χ0v) is 13.1. The van der Waals surface area contributed by atoms with Crippen LogP contribution in [0, 0.1) is 0 Å². The second-order valence-corrected chi connectivity index (χ2v) is 4.20. The third kappa shape index (κ3) is 6.77. The van der Waals surface area contributed by atoms with Crippen molar-refractivity contribution in [2.24, 2.45) is 0 Å². The number of carbonyl (C=O) groups is 4. The first-order chi connectivity index (χ1) is 11.5. The minimum atomic E-state index is -0.748. The van der Waals surface area contributed by atoms with Crippen LogP contribution in [-0.2, 0) is 33.3 Å². The molecule has 0 atom stereocenters. The van der Waals surface area contributed by atoms with Crippen molar-refractivity contribution in [3.8, 4) is 5.75 Å². The first kappa shape index (κ1) is 18.9. The van der Waals surface area contributed by atoms with Gasteiger partial charge in [0.05, 0.1) is 19.8 Å². The lowest BCUT2D eigenvalue weighted by Crippen LogP contribution is -2.20. The normalized spacial score (nSPS) is 9.58. The molecule has 0 spiro atoms. The van der Waals surface area contributed by atoms with Gasteiger partial charge in [-0.05, 0) is 24.3 Å². The summed E-state index contributed by atoms with van der Waals surface area (Å²) < 4.78 is 23.1. The molecule has 0 bridgehead atoms. The molecule has 0 amide bonds. The zero-order chi connectivity index (χ0) is 17.9. The summed E-state index contributed by atoms with van der Waals surface area (Å²) in [6.07, 6.45) is 0. The lowest BCUT2D eigenvalue weighted by atomic mass is 10.2. The molecule has 130 valence electrons. The van der Waals surface area contributed by atoms with E-state index in [0.717, 1.165) is 0 Å². The highest BCUT2D eigenvalue weighted by atomic mass is 16.6. The molecule has 9 heteroatoms. The molecule has 1 aromatic carbocycles. The summed E-state index contributed by atoms with van der Waals surface area (Å²) in [5.74, 6) is -2.51. The van der Waals surface area contributed by atoms with Crippen molar-refractivity contribution >= 4 is 23.9 Å². The molecule has 0 unspecified atom stereocenters. The second-order valence-electron chi connectivity index (χ2n) is 4.20. The van der Waals surface area contributed by atoms with Crippen LogP contribution < -0.4 is 4.74 Å². The molecule has 0 aromatic heterocycles. The molecular formula is C15H16O9. The van der Waals surface area contributed by atoms with E-state index >= 15 is 0 Å². The van der Waals surface area contributed by atoms with Crippen molar-refractivity contribution < 1.29 is 42.9 Å². The Bertz CT molecular complexity index is 591. The molecule has 0 aliphatic heterocycles. The van der Waals surface area contributed by atoms with Gasteiger partial charge in [-0.15, -0.1) is 0 Å². The van der Waals surface area contributed by atoms with Crippen LogP contribution in [0.3, 0.4) is 0 Å². The fraction of sp³-hybridized carbons (Fsp3) is 0.333. The van der Waals surface area contributed by atoms with Crippen molar-refractivity contribution in [2.45, 2.75) is 0 Å². The number of methoxy groups -OCH3 is 2. The van der Waals surface area contributed by atoms with Gasteiger partial charge in [-0.2, -0.15) is 0 Å². The van der Waals surface area contributed by atoms with Gasteiger partial charge in [0.1, 0.15) is 5.75 Å². The molecule has 0 fully saturated rings. The van der Waals surface area contributed by atoms with Crippen molar-refractivity contribution in [2.75, 3.05) is 34.0 Å². The molecule has 24 heavy (non-hydrogen) atoms. The maximum absolute atomic E-state index is 11.6. The average molecular weight is 340 g/mol. The highest BCUT2D eigenvalue weighted by molar-refractivity contribution is 5.90. The van der Waals surface area contributed by atoms with Crippen LogP contribution in [0.5, 0.6) is 5.75 Å². The Kier molecular flexibility index (Phi) is 7.76. The summed E-state index contributed by atoms with van der Waals surface area (Å²) in [6, 6.07) is 5.66. The van der Waals surface area contributed by atoms with Gasteiger partial charge in [0.15, 0.2) is 19.8 Å². The van der Waals surface area contributed by atoms with E-state index in [-0.39, 0.29) is 5.56 Å². The molecule has 0 N–H and O–H groups in total. The lowest BCUT2D eigenvalue weighted by Gasteiger charge is -2.07. The monoisotopic (exact) mass is 340 g/mol. The van der Waals surface area contributed by atoms with Crippen LogP contribution in [0.2, 0.25) is 0 Å². The molecule has 0 saturated heterocycles. The van der Waals surface area contributed by atoms with Crippen LogP contribution in [0.25, 0.3) is 0 Å². The van der Waals surface area contributed by atoms with Crippen LogP contribution in [0.15, 0.2) is 24.3 Å². The molecular weight excluding hydrogens is 324 g/mol. The van der Waals surface area contributed by atoms with Crippen molar-refractivity contribution in [3.63, 3.8) is 0 Å². The Morgan fingerprint density at radius 1 is 0.750 bits per heavy atom. The smallest absolute Gasteiger partial charge is 0.344 e. The zero-order valence-electron chi connectivity index (χ0n) is 13.1. The fourth-order valence-electron chi connectivity index (χ4n) is 1.34. The van der Waals surface area contributed by atoms with Gasteiger partial charge >= 0.3 is 23.9 Å². The second kappa shape index (κ2) is 9.82. The molecule has 0 saturated carbocycles. The summed E-state index contributed by atoms with van der Waals surface area (Å²) in [5.41, 5.74) is 0.194. The van der Waals surface area contributed by atoms with E-state index in [1.165, 1.54) is 38.5 Å². The number of carbonyl (C=O) groups excluding carboxylic acids is 4. The fourth-order valence-corrected chi connectivity index (χ4v) is 1.34. The summed E-state index contributed by atoms with van der Waals surface area (Å²) >= 11 is 0. The van der Waals surface area contributed by atoms with Crippen molar-refractivity contribution in [1.29, 1.82) is 0 Å². The van der Waals surface area contributed by atoms with E-state index in [1.807, 2.05) is 0 Å². The van der Waals surface area contributed by atoms with Gasteiger partial charge in [0.2, 0.25) is 0 Å². The number of hydrogen-bond acceptors (Lipinski definition) is 9. The van der Waals surface area contributed by atoms with Gasteiger partial charge in [-0.25, -0.2) is 19.2 Å². The Balaban J connectivity index is 2.41. The molecule has 1 rings (SSSR count). The topological polar surface area (TPSA) is 114 Å². The molecule has 9 nitrogen and oxygen atoms in total. The van der Waals surface area contributed by atoms with Gasteiger partial charge in [-0.1, -0.05) is 0 Å². The van der Waals surface area contributed by atoms with E-state index in [9.17, 15) is 19.2 Å². The molecule has 0 aliphatic rings. The maximum Gasteiger partial charge on any atom is 0.344 e. The SMILES string of the molecule is COC(=O)COC(=O)COc1ccc(C(=O)OCC(=O)OC)cc1. The summed E-state index contributed by atoms with van der Waals surface area (Å²) in [7, 11) is 2.35. The van der Waals surface area contributed by atoms with E-state index in [0.29, 0.717) is 5.75 Å². The third-order valence-electron chi connectivity index (χ3n) is 2.57. The Morgan fingerprint density at radius 3 is 1.83 bits per heavy atom. The quantitative estimate of drug-likeness (QED) is 0.480. The first-order valence-electron chi connectivity index (χ1n) is 6.65. The van der Waals surface area contributed by atoms with Crippen LogP contribution in [-0.4, -0.2) is 57.9 Å². The van der Waals surface area contributed by atoms with Gasteiger partial charge < -0.3 is 23.7 Å². The predicted octanol–water partition coefficient (Wildman–Crippen LogP) is 0.111. The van der Waals surface area contributed by atoms with Crippen molar-refractivity contribution in [1.82, 2.24) is 0 Å². The summed E-state index contributed by atoms with van der Waals surface area (Å²) in [5, 5.41) is 0. The number of benzene rings is 1. The minimum Gasteiger partial charge on any atom is -0.482 e. The Morgan fingerprint density at radius 2 is 1.29 bits per heavy atom. The van der Waals surface area contributed by atoms with Gasteiger partial charge in [0, 0.05) is 0 Å². The van der Waals surface area contributed by atoms with E-state index < -0.39 is 43.7 Å². The van der Waals surface area contributed by atoms with E-state index in [2.05, 4.69) is 14.2 Å². The lowest BCUT2D eigenvalue weighted by molar-refractivity contribution is -0.158. The highest BCUT2D eigenvalue weighted by Crippen LogP contribution is 2.13. The molecule has 0 aliphatic carbocycles. The standard InChI is InChI=1S/C15H16O9/c1-20-12(16)7-23-14(18)9-22-11-5-3-10(4-6-11)15(19)24-8-13(17)21-2/h3-6H,7-9H2,1-2H3. The maximum atomic E-state index is 11.6. The summed E-state index contributed by atoms with van der Waals surface area (Å²) in [6.45, 7) is -1.40. The predicted molar refractivity (Wildman–Crippen MR) is 77.2 cm³/mol. The first-order valence-corrected chi connectivity index (χ1v) is 6.65. The minimum absolute atomic E-state index is 0.194. The number of esters is 4. The van der Waals surface area contributed by atoms with E-state index in [1.54, 1.807) is 0 Å². The Hall–Kier alpha value is -3.10. The van der Waals surface area contributed by atoms with Crippen molar-refractivity contribution in [3.05, 3.63) is 29.8 Å². The number of rotatable bonds is 8. The largest absolute Gasteiger partial charge is 0.482 e. The average Bonchev–Trinajstić information content (AvgIpc) is 2.62. The number of hydrogen-bond donors (Lipinski definition) is 0. The molecule has 0 radical (unpaired) electrons. The summed E-state index contributed by atoms with van der Waals surface area (Å²) in [4.78, 5) is 44.6. The van der Waals surface area contributed by atoms with Crippen LogP contribution in [0.1, 0.15) is 10.4 Å². The molecule has 0 heterocycles. The molecule has 1 aromatic rings. The number of ether oxygens (including phenoxy) is 5. The Labute approximate surface area is 137 Å². The van der Waals surface area contributed by atoms with Crippen LogP contribution >= 0.6 is 0 Å². The van der Waals surface area contributed by atoms with Gasteiger partial charge in [0.25, 0.3) is 0 Å². The third-order valence-corrected chi connectivity index (χ3v) is 2.57. The van der Waals surface area contributed by atoms with Gasteiger partial charge in [-0.3, -0.25) is 0 Å². The van der Waals surface area contributed by atoms with Crippen LogP contribution in [0.4, 0.5) is 0 Å². The van der Waals surface area contributed by atoms with E-state index in [4.69, 9.17) is 9.47 Å². The highest BCUT2D eigenvalue weighted by Gasteiger charge is 2.11.